The summed E-state index contributed by atoms with van der Waals surface area (Å²) in [5.41, 5.74) is 0.279. The molecule has 27 heavy (non-hydrogen) atoms. The smallest absolute Gasteiger partial charge is 0.0710 e. The molecular weight excluding hydrogens is 328 g/mol. The second kappa shape index (κ2) is 14.9. The van der Waals surface area contributed by atoms with E-state index in [0.29, 0.717) is 0 Å². The lowest BCUT2D eigenvalue weighted by molar-refractivity contribution is -0.126. The summed E-state index contributed by atoms with van der Waals surface area (Å²) in [6.45, 7) is 3.34. The Labute approximate surface area is 171 Å². The van der Waals surface area contributed by atoms with E-state index in [1.807, 2.05) is 0 Å². The van der Waals surface area contributed by atoms with Crippen LogP contribution in [0.25, 0.3) is 0 Å². The van der Waals surface area contributed by atoms with Crippen LogP contribution < -0.4 is 0 Å². The van der Waals surface area contributed by atoms with E-state index in [0.717, 1.165) is 12.5 Å². The topological polar surface area (TPSA) is 9.23 Å². The van der Waals surface area contributed by atoms with Crippen molar-refractivity contribution in [3.63, 3.8) is 0 Å². The zero-order chi connectivity index (χ0) is 19.0. The van der Waals surface area contributed by atoms with Crippen molar-refractivity contribution >= 4 is 0 Å². The molecule has 1 aliphatic heterocycles. The van der Waals surface area contributed by atoms with Crippen LogP contribution in [0, 0.1) is 5.92 Å². The van der Waals surface area contributed by atoms with E-state index in [2.05, 4.69) is 6.92 Å². The minimum absolute atomic E-state index is 0.279. The van der Waals surface area contributed by atoms with Crippen LogP contribution in [-0.4, -0.2) is 12.2 Å². The van der Waals surface area contributed by atoms with E-state index in [1.165, 1.54) is 141 Å². The lowest BCUT2D eigenvalue weighted by Crippen LogP contribution is -2.43. The minimum atomic E-state index is 0.279. The maximum atomic E-state index is 6.56. The van der Waals surface area contributed by atoms with Gasteiger partial charge in [0.2, 0.25) is 0 Å². The highest BCUT2D eigenvalue weighted by Gasteiger charge is 2.40. The van der Waals surface area contributed by atoms with Gasteiger partial charge in [0.25, 0.3) is 0 Å². The van der Waals surface area contributed by atoms with Gasteiger partial charge in [0.15, 0.2) is 0 Å². The van der Waals surface area contributed by atoms with Gasteiger partial charge in [0, 0.05) is 6.61 Å². The molecule has 1 aliphatic carbocycles. The maximum absolute atomic E-state index is 6.56. The Hall–Kier alpha value is -0.0400. The van der Waals surface area contributed by atoms with E-state index in [9.17, 15) is 0 Å². The van der Waals surface area contributed by atoms with Gasteiger partial charge in [0.05, 0.1) is 5.60 Å². The zero-order valence-corrected chi connectivity index (χ0v) is 18.7. The Morgan fingerprint density at radius 1 is 0.630 bits per heavy atom. The van der Waals surface area contributed by atoms with E-state index in [1.54, 1.807) is 0 Å². The van der Waals surface area contributed by atoms with Crippen LogP contribution in [0.3, 0.4) is 0 Å². The van der Waals surface area contributed by atoms with Gasteiger partial charge in [-0.3, -0.25) is 0 Å². The molecule has 1 nitrogen and oxygen atoms in total. The standard InChI is InChI=1S/C26H50O/c1-2-3-4-5-6-7-8-9-10-11-14-17-22-26(23-18-19-24-27-26)25-20-15-12-13-16-21-25/h25H,2-24H2,1H3. The third-order valence-electron chi connectivity index (χ3n) is 7.44. The fourth-order valence-corrected chi connectivity index (χ4v) is 5.67. The average Bonchev–Trinajstić information content (AvgIpc) is 3.00. The first kappa shape index (κ1) is 23.2. The summed E-state index contributed by atoms with van der Waals surface area (Å²) in [5, 5.41) is 0. The van der Waals surface area contributed by atoms with Gasteiger partial charge in [-0.15, -0.1) is 0 Å². The summed E-state index contributed by atoms with van der Waals surface area (Å²) < 4.78 is 6.56. The highest BCUT2D eigenvalue weighted by molar-refractivity contribution is 4.91. The van der Waals surface area contributed by atoms with Crippen LogP contribution in [0.5, 0.6) is 0 Å². The first-order valence-electron chi connectivity index (χ1n) is 13.0. The second-order valence-electron chi connectivity index (χ2n) is 9.70. The second-order valence-corrected chi connectivity index (χ2v) is 9.70. The Kier molecular flexibility index (Phi) is 12.8. The molecule has 0 amide bonds. The Bertz CT molecular complexity index is 323. The monoisotopic (exact) mass is 378 g/mol. The van der Waals surface area contributed by atoms with Crippen LogP contribution in [0.4, 0.5) is 0 Å². The minimum Gasteiger partial charge on any atom is -0.375 e. The molecule has 1 unspecified atom stereocenters. The first-order valence-corrected chi connectivity index (χ1v) is 13.0. The van der Waals surface area contributed by atoms with Crippen molar-refractivity contribution in [1.29, 1.82) is 0 Å². The van der Waals surface area contributed by atoms with Gasteiger partial charge in [0.1, 0.15) is 0 Å². The molecule has 0 N–H and O–H groups in total. The van der Waals surface area contributed by atoms with Crippen molar-refractivity contribution in [2.75, 3.05) is 6.61 Å². The molecule has 2 aliphatic rings. The molecule has 1 atom stereocenters. The molecule has 1 heteroatoms. The number of hydrogen-bond acceptors (Lipinski definition) is 1. The van der Waals surface area contributed by atoms with Gasteiger partial charge >= 0.3 is 0 Å². The number of unbranched alkanes of at least 4 members (excludes halogenated alkanes) is 11. The normalized spacial score (nSPS) is 24.8. The van der Waals surface area contributed by atoms with Gasteiger partial charge in [-0.1, -0.05) is 110 Å². The molecule has 0 radical (unpaired) electrons. The van der Waals surface area contributed by atoms with E-state index >= 15 is 0 Å². The zero-order valence-electron chi connectivity index (χ0n) is 18.7. The van der Waals surface area contributed by atoms with E-state index in [4.69, 9.17) is 4.74 Å². The Balaban J connectivity index is 1.54. The molecule has 0 aromatic carbocycles. The number of ether oxygens (including phenoxy) is 1. The summed E-state index contributed by atoms with van der Waals surface area (Å²) in [6, 6.07) is 0. The predicted octanol–water partition coefficient (Wildman–Crippen LogP) is 8.99. The first-order chi connectivity index (χ1) is 13.4. The summed E-state index contributed by atoms with van der Waals surface area (Å²) in [4.78, 5) is 0. The van der Waals surface area contributed by atoms with Crippen molar-refractivity contribution < 1.29 is 4.74 Å². The predicted molar refractivity (Wildman–Crippen MR) is 119 cm³/mol. The molecule has 0 aromatic rings. The van der Waals surface area contributed by atoms with Crippen LogP contribution in [0.1, 0.15) is 148 Å². The number of rotatable bonds is 14. The largest absolute Gasteiger partial charge is 0.375 e. The van der Waals surface area contributed by atoms with Gasteiger partial charge < -0.3 is 4.74 Å². The molecule has 1 saturated carbocycles. The molecule has 0 bridgehead atoms. The van der Waals surface area contributed by atoms with Crippen molar-refractivity contribution in [3.05, 3.63) is 0 Å². The van der Waals surface area contributed by atoms with Crippen molar-refractivity contribution in [2.45, 2.75) is 154 Å². The van der Waals surface area contributed by atoms with Crippen molar-refractivity contribution in [1.82, 2.24) is 0 Å². The summed E-state index contributed by atoms with van der Waals surface area (Å²) in [6.07, 6.45) is 31.5. The SMILES string of the molecule is CCCCCCCCCCCCCCC1(C2CCCCCC2)CCCCO1. The summed E-state index contributed by atoms with van der Waals surface area (Å²) in [5.74, 6) is 0.869. The highest BCUT2D eigenvalue weighted by atomic mass is 16.5. The molecule has 2 rings (SSSR count). The van der Waals surface area contributed by atoms with E-state index in [-0.39, 0.29) is 5.60 Å². The van der Waals surface area contributed by atoms with Gasteiger partial charge in [-0.25, -0.2) is 0 Å². The van der Waals surface area contributed by atoms with Crippen molar-refractivity contribution in [3.8, 4) is 0 Å². The Morgan fingerprint density at radius 2 is 1.19 bits per heavy atom. The van der Waals surface area contributed by atoms with Crippen LogP contribution in [0.2, 0.25) is 0 Å². The van der Waals surface area contributed by atoms with E-state index < -0.39 is 0 Å². The molecule has 2 fully saturated rings. The Morgan fingerprint density at radius 3 is 1.70 bits per heavy atom. The number of hydrogen-bond donors (Lipinski definition) is 0. The summed E-state index contributed by atoms with van der Waals surface area (Å²) in [7, 11) is 0. The molecule has 1 saturated heterocycles. The van der Waals surface area contributed by atoms with Gasteiger partial charge in [-0.2, -0.15) is 0 Å². The third-order valence-corrected chi connectivity index (χ3v) is 7.44. The summed E-state index contributed by atoms with van der Waals surface area (Å²) >= 11 is 0. The quantitative estimate of drug-likeness (QED) is 0.216. The molecule has 0 aromatic heterocycles. The average molecular weight is 379 g/mol. The van der Waals surface area contributed by atoms with Crippen LogP contribution in [0.15, 0.2) is 0 Å². The third kappa shape index (κ3) is 9.33. The highest BCUT2D eigenvalue weighted by Crippen LogP contribution is 2.43. The van der Waals surface area contributed by atoms with Crippen molar-refractivity contribution in [2.24, 2.45) is 5.92 Å². The molecule has 1 heterocycles. The van der Waals surface area contributed by atoms with Crippen LogP contribution in [-0.2, 0) is 4.74 Å². The molecule has 0 spiro atoms. The van der Waals surface area contributed by atoms with Crippen LogP contribution >= 0.6 is 0 Å². The molecular formula is C26H50O. The maximum Gasteiger partial charge on any atom is 0.0710 e. The lowest BCUT2D eigenvalue weighted by atomic mass is 9.74. The fraction of sp³-hybridized carbons (Fsp3) is 1.00. The molecule has 160 valence electrons. The van der Waals surface area contributed by atoms with Gasteiger partial charge in [-0.05, 0) is 44.4 Å². The lowest BCUT2D eigenvalue weighted by Gasteiger charge is -2.44. The fourth-order valence-electron chi connectivity index (χ4n) is 5.67.